The van der Waals surface area contributed by atoms with Gasteiger partial charge in [-0.3, -0.25) is 0 Å². The van der Waals surface area contributed by atoms with E-state index >= 15 is 0 Å². The molecule has 0 amide bonds. The first-order chi connectivity index (χ1) is 7.15. The molecule has 0 heterocycles. The zero-order chi connectivity index (χ0) is 11.3. The van der Waals surface area contributed by atoms with E-state index < -0.39 is 4.84 Å². The van der Waals surface area contributed by atoms with Crippen LogP contribution >= 0.6 is 23.2 Å². The average molecular weight is 247 g/mol. The van der Waals surface area contributed by atoms with Crippen molar-refractivity contribution in [3.05, 3.63) is 29.3 Å². The van der Waals surface area contributed by atoms with Crippen LogP contribution in [-0.2, 0) is 6.42 Å². The molecule has 0 saturated heterocycles. The van der Waals surface area contributed by atoms with E-state index in [2.05, 4.69) is 6.92 Å². The number of aromatic hydroxyl groups is 1. The van der Waals surface area contributed by atoms with Gasteiger partial charge in [0.1, 0.15) is 10.6 Å². The van der Waals surface area contributed by atoms with Crippen LogP contribution in [0.3, 0.4) is 0 Å². The van der Waals surface area contributed by atoms with Crippen molar-refractivity contribution in [2.24, 2.45) is 0 Å². The van der Waals surface area contributed by atoms with Crippen molar-refractivity contribution >= 4 is 23.2 Å². The molecule has 0 aromatic heterocycles. The fraction of sp³-hybridized carbons (Fsp3) is 0.500. The van der Waals surface area contributed by atoms with Gasteiger partial charge in [-0.2, -0.15) is 0 Å². The number of rotatable bonds is 5. The highest BCUT2D eigenvalue weighted by Crippen LogP contribution is 2.32. The summed E-state index contributed by atoms with van der Waals surface area (Å²) in [6.45, 7) is 2.18. The summed E-state index contributed by atoms with van der Waals surface area (Å²) in [4.78, 5) is -0.656. The lowest BCUT2D eigenvalue weighted by Gasteiger charge is -2.08. The smallest absolute Gasteiger partial charge is 0.136 e. The Labute approximate surface area is 101 Å². The first-order valence-electron chi connectivity index (χ1n) is 5.25. The molecule has 0 aliphatic carbocycles. The van der Waals surface area contributed by atoms with Gasteiger partial charge in [-0.05, 0) is 30.5 Å². The molecule has 3 heteroatoms. The standard InChI is InChI=1S/C12H16Cl2O/c1-2-3-4-5-9-6-7-11(15)10(8-9)12(13)14/h6-8,12,15H,2-5H2,1H3. The van der Waals surface area contributed by atoms with Crippen molar-refractivity contribution in [1.29, 1.82) is 0 Å². The first-order valence-corrected chi connectivity index (χ1v) is 6.12. The number of phenolic OH excluding ortho intramolecular Hbond substituents is 1. The third kappa shape index (κ3) is 3.92. The number of halogens is 2. The molecular formula is C12H16Cl2O. The Hall–Kier alpha value is -0.400. The highest BCUT2D eigenvalue weighted by Gasteiger charge is 2.09. The molecule has 1 N–H and O–H groups in total. The Morgan fingerprint density at radius 2 is 2.00 bits per heavy atom. The minimum absolute atomic E-state index is 0.171. The zero-order valence-electron chi connectivity index (χ0n) is 8.84. The van der Waals surface area contributed by atoms with Gasteiger partial charge < -0.3 is 5.11 Å². The predicted octanol–water partition coefficient (Wildman–Crippen LogP) is 4.60. The number of aryl methyl sites for hydroxylation is 1. The summed E-state index contributed by atoms with van der Waals surface area (Å²) in [5.41, 5.74) is 1.79. The van der Waals surface area contributed by atoms with Gasteiger partial charge in [0, 0.05) is 5.56 Å². The molecule has 1 aromatic rings. The topological polar surface area (TPSA) is 20.2 Å². The molecule has 84 valence electrons. The van der Waals surface area contributed by atoms with E-state index in [9.17, 15) is 5.11 Å². The summed E-state index contributed by atoms with van der Waals surface area (Å²) in [6, 6.07) is 5.47. The van der Waals surface area contributed by atoms with E-state index in [1.54, 1.807) is 6.07 Å². The Morgan fingerprint density at radius 3 is 2.60 bits per heavy atom. The molecule has 0 atom stereocenters. The van der Waals surface area contributed by atoms with Gasteiger partial charge in [-0.15, -0.1) is 0 Å². The molecule has 0 fully saturated rings. The van der Waals surface area contributed by atoms with E-state index in [1.807, 2.05) is 12.1 Å². The third-order valence-electron chi connectivity index (χ3n) is 2.40. The summed E-state index contributed by atoms with van der Waals surface area (Å²) in [5, 5.41) is 9.51. The van der Waals surface area contributed by atoms with Gasteiger partial charge >= 0.3 is 0 Å². The second kappa shape index (κ2) is 6.24. The molecule has 0 bridgehead atoms. The monoisotopic (exact) mass is 246 g/mol. The van der Waals surface area contributed by atoms with E-state index in [-0.39, 0.29) is 5.75 Å². The Balaban J connectivity index is 2.70. The Bertz CT molecular complexity index is 310. The van der Waals surface area contributed by atoms with Gasteiger partial charge in [0.25, 0.3) is 0 Å². The van der Waals surface area contributed by atoms with Crippen molar-refractivity contribution in [2.75, 3.05) is 0 Å². The van der Waals surface area contributed by atoms with Crippen LogP contribution in [0.25, 0.3) is 0 Å². The van der Waals surface area contributed by atoms with Gasteiger partial charge in [0.05, 0.1) is 0 Å². The lowest BCUT2D eigenvalue weighted by Crippen LogP contribution is -1.90. The van der Waals surface area contributed by atoms with Crippen LogP contribution in [-0.4, -0.2) is 5.11 Å². The summed E-state index contributed by atoms with van der Waals surface area (Å²) >= 11 is 11.5. The summed E-state index contributed by atoms with van der Waals surface area (Å²) < 4.78 is 0. The largest absolute Gasteiger partial charge is 0.508 e. The molecule has 1 nitrogen and oxygen atoms in total. The maximum absolute atomic E-state index is 9.51. The number of alkyl halides is 2. The second-order valence-electron chi connectivity index (χ2n) is 3.65. The highest BCUT2D eigenvalue weighted by molar-refractivity contribution is 6.44. The zero-order valence-corrected chi connectivity index (χ0v) is 10.4. The first kappa shape index (κ1) is 12.7. The Morgan fingerprint density at radius 1 is 1.27 bits per heavy atom. The molecule has 0 saturated carbocycles. The third-order valence-corrected chi connectivity index (χ3v) is 2.87. The van der Waals surface area contributed by atoms with Crippen molar-refractivity contribution in [3.63, 3.8) is 0 Å². The molecule has 1 rings (SSSR count). The van der Waals surface area contributed by atoms with Gasteiger partial charge in [0.2, 0.25) is 0 Å². The number of benzene rings is 1. The van der Waals surface area contributed by atoms with Crippen molar-refractivity contribution in [2.45, 2.75) is 37.4 Å². The minimum Gasteiger partial charge on any atom is -0.508 e. The average Bonchev–Trinajstić information content (AvgIpc) is 2.20. The number of hydrogen-bond acceptors (Lipinski definition) is 1. The Kier molecular flexibility index (Phi) is 5.27. The molecule has 0 unspecified atom stereocenters. The van der Waals surface area contributed by atoms with Crippen LogP contribution < -0.4 is 0 Å². The SMILES string of the molecule is CCCCCc1ccc(O)c(C(Cl)Cl)c1. The van der Waals surface area contributed by atoms with E-state index in [1.165, 1.54) is 18.4 Å². The molecule has 0 spiro atoms. The van der Waals surface area contributed by atoms with Gasteiger partial charge in [-0.1, -0.05) is 49.0 Å². The normalized spacial score (nSPS) is 10.9. The summed E-state index contributed by atoms with van der Waals surface area (Å²) in [5.74, 6) is 0.171. The molecule has 0 radical (unpaired) electrons. The quantitative estimate of drug-likeness (QED) is 0.595. The van der Waals surface area contributed by atoms with Crippen molar-refractivity contribution in [3.8, 4) is 5.75 Å². The lowest BCUT2D eigenvalue weighted by molar-refractivity contribution is 0.469. The van der Waals surface area contributed by atoms with Gasteiger partial charge in [-0.25, -0.2) is 0 Å². The van der Waals surface area contributed by atoms with Crippen LogP contribution in [0.4, 0.5) is 0 Å². The number of unbranched alkanes of at least 4 members (excludes halogenated alkanes) is 2. The fourth-order valence-corrected chi connectivity index (χ4v) is 1.86. The van der Waals surface area contributed by atoms with E-state index in [4.69, 9.17) is 23.2 Å². The number of phenols is 1. The minimum atomic E-state index is -0.656. The lowest BCUT2D eigenvalue weighted by atomic mass is 10.0. The maximum Gasteiger partial charge on any atom is 0.136 e. The van der Waals surface area contributed by atoms with E-state index in [0.29, 0.717) is 5.56 Å². The van der Waals surface area contributed by atoms with Gasteiger partial charge in [0.15, 0.2) is 0 Å². The number of hydrogen-bond donors (Lipinski definition) is 1. The summed E-state index contributed by atoms with van der Waals surface area (Å²) in [7, 11) is 0. The van der Waals surface area contributed by atoms with Crippen molar-refractivity contribution < 1.29 is 5.11 Å². The van der Waals surface area contributed by atoms with Crippen LogP contribution in [0.1, 0.15) is 42.1 Å². The van der Waals surface area contributed by atoms with Crippen LogP contribution in [0, 0.1) is 0 Å². The van der Waals surface area contributed by atoms with Crippen molar-refractivity contribution in [1.82, 2.24) is 0 Å². The molecule has 0 aliphatic heterocycles. The molecule has 1 aromatic carbocycles. The second-order valence-corrected chi connectivity index (χ2v) is 4.75. The maximum atomic E-state index is 9.51. The van der Waals surface area contributed by atoms with E-state index in [0.717, 1.165) is 12.8 Å². The predicted molar refractivity (Wildman–Crippen MR) is 65.8 cm³/mol. The fourth-order valence-electron chi connectivity index (χ4n) is 1.51. The molecule has 0 aliphatic rings. The molecule has 15 heavy (non-hydrogen) atoms. The van der Waals surface area contributed by atoms with Crippen LogP contribution in [0.15, 0.2) is 18.2 Å². The highest BCUT2D eigenvalue weighted by atomic mass is 35.5. The van der Waals surface area contributed by atoms with Crippen LogP contribution in [0.5, 0.6) is 5.75 Å². The molecular weight excluding hydrogens is 231 g/mol. The summed E-state index contributed by atoms with van der Waals surface area (Å²) in [6.07, 6.45) is 4.61. The van der Waals surface area contributed by atoms with Crippen LogP contribution in [0.2, 0.25) is 0 Å².